The van der Waals surface area contributed by atoms with Crippen molar-refractivity contribution in [3.05, 3.63) is 59.2 Å². The van der Waals surface area contributed by atoms with Crippen LogP contribution >= 0.6 is 0 Å². The largest absolute Gasteiger partial charge is 0.469 e. The minimum absolute atomic E-state index is 0.0275. The number of oxime groups is 1. The molecule has 132 valence electrons. The maximum absolute atomic E-state index is 12.7. The van der Waals surface area contributed by atoms with Crippen molar-refractivity contribution in [3.8, 4) is 11.1 Å². The van der Waals surface area contributed by atoms with Crippen LogP contribution in [0.25, 0.3) is 11.1 Å². The van der Waals surface area contributed by atoms with E-state index in [0.717, 1.165) is 12.1 Å². The summed E-state index contributed by atoms with van der Waals surface area (Å²) in [7, 11) is 1.27. The molecule has 0 aromatic heterocycles. The molecule has 2 aromatic rings. The van der Waals surface area contributed by atoms with Crippen molar-refractivity contribution in [1.29, 1.82) is 0 Å². The van der Waals surface area contributed by atoms with Crippen molar-refractivity contribution < 1.29 is 27.9 Å². The molecule has 1 N–H and O–H groups in total. The van der Waals surface area contributed by atoms with E-state index in [2.05, 4.69) is 9.89 Å². The fourth-order valence-electron chi connectivity index (χ4n) is 2.39. The predicted molar refractivity (Wildman–Crippen MR) is 86.6 cm³/mol. The molecule has 4 nitrogen and oxygen atoms in total. The number of methoxy groups -OCH3 is 1. The Balaban J connectivity index is 2.52. The van der Waals surface area contributed by atoms with Crippen LogP contribution in [0.2, 0.25) is 0 Å². The molecule has 0 saturated carbocycles. The van der Waals surface area contributed by atoms with E-state index in [1.165, 1.54) is 19.2 Å². The molecule has 0 spiro atoms. The standard InChI is InChI=1S/C18H16F3NO3/c1-11(22-24)15-8-3-12(10-17(23)25-2)9-16(15)13-4-6-14(7-5-13)18(19,20)21/h3-9,24H,10H2,1-2H3. The van der Waals surface area contributed by atoms with Gasteiger partial charge in [-0.2, -0.15) is 13.2 Å². The summed E-state index contributed by atoms with van der Waals surface area (Å²) < 4.78 is 42.8. The molecular weight excluding hydrogens is 335 g/mol. The van der Waals surface area contributed by atoms with Crippen LogP contribution in [0, 0.1) is 0 Å². The molecule has 0 heterocycles. The highest BCUT2D eigenvalue weighted by atomic mass is 19.4. The first kappa shape index (κ1) is 18.5. The third-order valence-corrected chi connectivity index (χ3v) is 3.72. The van der Waals surface area contributed by atoms with E-state index in [4.69, 9.17) is 5.21 Å². The van der Waals surface area contributed by atoms with Gasteiger partial charge in [0, 0.05) is 5.56 Å². The number of hydrogen-bond donors (Lipinski definition) is 1. The van der Waals surface area contributed by atoms with Gasteiger partial charge in [-0.1, -0.05) is 29.4 Å². The summed E-state index contributed by atoms with van der Waals surface area (Å²) in [4.78, 5) is 11.4. The monoisotopic (exact) mass is 351 g/mol. The topological polar surface area (TPSA) is 58.9 Å². The number of alkyl halides is 3. The third-order valence-electron chi connectivity index (χ3n) is 3.72. The highest BCUT2D eigenvalue weighted by Gasteiger charge is 2.30. The van der Waals surface area contributed by atoms with E-state index in [1.54, 1.807) is 25.1 Å². The van der Waals surface area contributed by atoms with E-state index in [-0.39, 0.29) is 6.42 Å². The van der Waals surface area contributed by atoms with E-state index >= 15 is 0 Å². The molecule has 0 unspecified atom stereocenters. The van der Waals surface area contributed by atoms with Crippen LogP contribution in [0.1, 0.15) is 23.6 Å². The second-order valence-corrected chi connectivity index (χ2v) is 5.39. The van der Waals surface area contributed by atoms with Gasteiger partial charge >= 0.3 is 12.1 Å². The fraction of sp³-hybridized carbons (Fsp3) is 0.222. The van der Waals surface area contributed by atoms with Crippen LogP contribution in [-0.2, 0) is 22.1 Å². The molecule has 2 aromatic carbocycles. The lowest BCUT2D eigenvalue weighted by molar-refractivity contribution is -0.140. The van der Waals surface area contributed by atoms with Crippen molar-refractivity contribution in [2.45, 2.75) is 19.5 Å². The average molecular weight is 351 g/mol. The molecule has 0 radical (unpaired) electrons. The van der Waals surface area contributed by atoms with Crippen molar-refractivity contribution in [2.24, 2.45) is 5.16 Å². The number of esters is 1. The zero-order valence-electron chi connectivity index (χ0n) is 13.6. The van der Waals surface area contributed by atoms with Crippen molar-refractivity contribution in [3.63, 3.8) is 0 Å². The zero-order chi connectivity index (χ0) is 18.6. The summed E-state index contributed by atoms with van der Waals surface area (Å²) in [5, 5.41) is 12.2. The van der Waals surface area contributed by atoms with Crippen LogP contribution in [0.15, 0.2) is 47.6 Å². The molecule has 0 aliphatic rings. The zero-order valence-corrected chi connectivity index (χ0v) is 13.6. The molecule has 0 fully saturated rings. The van der Waals surface area contributed by atoms with Gasteiger partial charge in [-0.3, -0.25) is 4.79 Å². The summed E-state index contributed by atoms with van der Waals surface area (Å²) >= 11 is 0. The number of benzene rings is 2. The van der Waals surface area contributed by atoms with Crippen molar-refractivity contribution >= 4 is 11.7 Å². The maximum atomic E-state index is 12.7. The van der Waals surface area contributed by atoms with Gasteiger partial charge in [0.05, 0.1) is 24.8 Å². The highest BCUT2D eigenvalue weighted by Crippen LogP contribution is 2.32. The molecule has 0 atom stereocenters. The van der Waals surface area contributed by atoms with Gasteiger partial charge in [-0.25, -0.2) is 0 Å². The Hall–Kier alpha value is -2.83. The fourth-order valence-corrected chi connectivity index (χ4v) is 2.39. The van der Waals surface area contributed by atoms with E-state index < -0.39 is 17.7 Å². The van der Waals surface area contributed by atoms with Gasteiger partial charge in [0.1, 0.15) is 0 Å². The molecule has 7 heteroatoms. The van der Waals surface area contributed by atoms with Crippen LogP contribution in [0.3, 0.4) is 0 Å². The molecule has 0 amide bonds. The quantitative estimate of drug-likeness (QED) is 0.387. The Kier molecular flexibility index (Phi) is 5.46. The predicted octanol–water partition coefficient (Wildman–Crippen LogP) is 4.29. The molecule has 25 heavy (non-hydrogen) atoms. The Labute approximate surface area is 142 Å². The third kappa shape index (κ3) is 4.37. The number of nitrogens with zero attached hydrogens (tertiary/aromatic N) is 1. The lowest BCUT2D eigenvalue weighted by Gasteiger charge is -2.13. The van der Waals surface area contributed by atoms with Gasteiger partial charge < -0.3 is 9.94 Å². The average Bonchev–Trinajstić information content (AvgIpc) is 2.60. The van der Waals surface area contributed by atoms with Gasteiger partial charge in [0.2, 0.25) is 0 Å². The summed E-state index contributed by atoms with van der Waals surface area (Å²) in [6.07, 6.45) is -4.39. The van der Waals surface area contributed by atoms with Crippen molar-refractivity contribution in [1.82, 2.24) is 0 Å². The minimum Gasteiger partial charge on any atom is -0.469 e. The first-order valence-corrected chi connectivity index (χ1v) is 7.32. The number of halogens is 3. The Bertz CT molecular complexity index is 796. The van der Waals surface area contributed by atoms with Gasteiger partial charge in [0.15, 0.2) is 0 Å². The second kappa shape index (κ2) is 7.38. The number of hydrogen-bond acceptors (Lipinski definition) is 4. The van der Waals surface area contributed by atoms with E-state index in [9.17, 15) is 18.0 Å². The molecule has 0 aliphatic heterocycles. The van der Waals surface area contributed by atoms with Gasteiger partial charge in [-0.15, -0.1) is 0 Å². The smallest absolute Gasteiger partial charge is 0.416 e. The first-order chi connectivity index (χ1) is 11.8. The normalized spacial score (nSPS) is 12.1. The summed E-state index contributed by atoms with van der Waals surface area (Å²) in [6.45, 7) is 1.57. The lowest BCUT2D eigenvalue weighted by atomic mass is 9.93. The first-order valence-electron chi connectivity index (χ1n) is 7.32. The lowest BCUT2D eigenvalue weighted by Crippen LogP contribution is -2.06. The van der Waals surface area contributed by atoms with Gasteiger partial charge in [0.25, 0.3) is 0 Å². The summed E-state index contributed by atoms with van der Waals surface area (Å²) in [5.74, 6) is -0.432. The minimum atomic E-state index is -4.42. The van der Waals surface area contributed by atoms with Crippen LogP contribution in [0.4, 0.5) is 13.2 Å². The molecule has 0 saturated heterocycles. The SMILES string of the molecule is COC(=O)Cc1ccc(C(C)=NO)c(-c2ccc(C(F)(F)F)cc2)c1. The number of rotatable bonds is 4. The molecular formula is C18H16F3NO3. The number of carbonyl (C=O) groups excluding carboxylic acids is 1. The van der Waals surface area contributed by atoms with Crippen LogP contribution in [-0.4, -0.2) is 24.0 Å². The van der Waals surface area contributed by atoms with Gasteiger partial charge in [-0.05, 0) is 41.8 Å². The second-order valence-electron chi connectivity index (χ2n) is 5.39. The van der Waals surface area contributed by atoms with E-state index in [0.29, 0.717) is 28.0 Å². The molecule has 2 rings (SSSR count). The van der Waals surface area contributed by atoms with Crippen LogP contribution in [0.5, 0.6) is 0 Å². The molecule has 0 bridgehead atoms. The number of carbonyl (C=O) groups is 1. The summed E-state index contributed by atoms with van der Waals surface area (Å²) in [5.41, 5.74) is 1.81. The van der Waals surface area contributed by atoms with Crippen LogP contribution < -0.4 is 0 Å². The molecule has 0 aliphatic carbocycles. The van der Waals surface area contributed by atoms with E-state index in [1.807, 2.05) is 0 Å². The summed E-state index contributed by atoms with van der Waals surface area (Å²) in [6, 6.07) is 9.65. The maximum Gasteiger partial charge on any atom is 0.416 e. The Morgan fingerprint density at radius 1 is 1.16 bits per heavy atom. The van der Waals surface area contributed by atoms with Crippen molar-refractivity contribution in [2.75, 3.05) is 7.11 Å². The number of ether oxygens (including phenoxy) is 1. The Morgan fingerprint density at radius 3 is 2.32 bits per heavy atom. The highest BCUT2D eigenvalue weighted by molar-refractivity contribution is 6.04. The Morgan fingerprint density at radius 2 is 1.80 bits per heavy atom.